The highest BCUT2D eigenvalue weighted by molar-refractivity contribution is 5.60. The molecule has 0 amide bonds. The van der Waals surface area contributed by atoms with Crippen molar-refractivity contribution in [1.29, 1.82) is 0 Å². The molecule has 1 heterocycles. The number of anilines is 1. The van der Waals surface area contributed by atoms with Crippen LogP contribution in [-0.2, 0) is 17.8 Å². The molecule has 1 aliphatic heterocycles. The number of fused-ring (bicyclic) bond motifs is 1. The monoisotopic (exact) mass is 231 g/mol. The first-order valence-corrected chi connectivity index (χ1v) is 6.36. The first kappa shape index (κ1) is 12.2. The van der Waals surface area contributed by atoms with Crippen LogP contribution >= 0.6 is 0 Å². The second-order valence-corrected chi connectivity index (χ2v) is 4.53. The van der Waals surface area contributed by atoms with Crippen LogP contribution < -0.4 is 4.90 Å². The summed E-state index contributed by atoms with van der Waals surface area (Å²) < 4.78 is 5.46. The molecule has 1 aromatic carbocycles. The van der Waals surface area contributed by atoms with Gasteiger partial charge >= 0.3 is 0 Å². The van der Waals surface area contributed by atoms with Crippen LogP contribution in [0.15, 0.2) is 30.0 Å². The topological polar surface area (TPSA) is 12.5 Å². The maximum Gasteiger partial charge on any atom is 0.0716 e. The van der Waals surface area contributed by atoms with Crippen molar-refractivity contribution in [1.82, 2.24) is 0 Å². The summed E-state index contributed by atoms with van der Waals surface area (Å²) in [6, 6.07) is 6.65. The predicted octanol–water partition coefficient (Wildman–Crippen LogP) is 3.51. The first-order valence-electron chi connectivity index (χ1n) is 6.36. The molecule has 2 heteroatoms. The summed E-state index contributed by atoms with van der Waals surface area (Å²) in [6.07, 6.45) is 4.46. The molecule has 2 rings (SSSR count). The second-order valence-electron chi connectivity index (χ2n) is 4.53. The lowest BCUT2D eigenvalue weighted by molar-refractivity contribution is 0.134. The zero-order valence-corrected chi connectivity index (χ0v) is 11.0. The quantitative estimate of drug-likeness (QED) is 0.786. The van der Waals surface area contributed by atoms with Gasteiger partial charge in [0, 0.05) is 25.5 Å². The van der Waals surface area contributed by atoms with Crippen LogP contribution in [0, 0.1) is 0 Å². The van der Waals surface area contributed by atoms with E-state index in [-0.39, 0.29) is 0 Å². The van der Waals surface area contributed by atoms with Crippen molar-refractivity contribution < 1.29 is 4.74 Å². The van der Waals surface area contributed by atoms with Gasteiger partial charge < -0.3 is 9.64 Å². The van der Waals surface area contributed by atoms with Gasteiger partial charge in [-0.05, 0) is 42.5 Å². The van der Waals surface area contributed by atoms with Crippen LogP contribution in [0.2, 0.25) is 0 Å². The third-order valence-electron chi connectivity index (χ3n) is 3.24. The molecule has 0 fully saturated rings. The predicted molar refractivity (Wildman–Crippen MR) is 72.3 cm³/mol. The van der Waals surface area contributed by atoms with Crippen molar-refractivity contribution in [3.05, 3.63) is 41.1 Å². The van der Waals surface area contributed by atoms with E-state index in [9.17, 15) is 0 Å². The molecule has 0 atom stereocenters. The van der Waals surface area contributed by atoms with Crippen molar-refractivity contribution in [2.75, 3.05) is 18.6 Å². The fraction of sp³-hybridized carbons (Fsp3) is 0.467. The fourth-order valence-corrected chi connectivity index (χ4v) is 2.28. The minimum Gasteiger partial charge on any atom is -0.377 e. The van der Waals surface area contributed by atoms with Gasteiger partial charge in [-0.1, -0.05) is 19.1 Å². The smallest absolute Gasteiger partial charge is 0.0716 e. The van der Waals surface area contributed by atoms with Crippen LogP contribution in [0.3, 0.4) is 0 Å². The lowest BCUT2D eigenvalue weighted by Crippen LogP contribution is -2.17. The van der Waals surface area contributed by atoms with E-state index in [0.29, 0.717) is 0 Å². The van der Waals surface area contributed by atoms with Gasteiger partial charge in [0.1, 0.15) is 0 Å². The highest BCUT2D eigenvalue weighted by Gasteiger charge is 2.14. The van der Waals surface area contributed by atoms with E-state index in [0.717, 1.165) is 26.1 Å². The summed E-state index contributed by atoms with van der Waals surface area (Å²) in [5.74, 6) is 0. The summed E-state index contributed by atoms with van der Waals surface area (Å²) in [6.45, 7) is 5.74. The van der Waals surface area contributed by atoms with E-state index in [1.165, 1.54) is 22.4 Å². The van der Waals surface area contributed by atoms with Crippen molar-refractivity contribution in [2.45, 2.75) is 33.3 Å². The van der Waals surface area contributed by atoms with Crippen LogP contribution in [0.5, 0.6) is 0 Å². The number of nitrogens with zero attached hydrogens (tertiary/aromatic N) is 1. The zero-order chi connectivity index (χ0) is 12.3. The Hall–Kier alpha value is -1.28. The van der Waals surface area contributed by atoms with E-state index >= 15 is 0 Å². The molecule has 17 heavy (non-hydrogen) atoms. The molecule has 0 bridgehead atoms. The van der Waals surface area contributed by atoms with Crippen molar-refractivity contribution in [2.24, 2.45) is 0 Å². The zero-order valence-electron chi connectivity index (χ0n) is 11.0. The minimum absolute atomic E-state index is 0.721. The molecule has 0 saturated carbocycles. The summed E-state index contributed by atoms with van der Waals surface area (Å²) in [5, 5.41) is 0. The molecule has 0 radical (unpaired) electrons. The standard InChI is InChI=1S/C15H21NO/c1-4-12-8-14-9-13(11-17-5-2)6-7-15(14)16(3)10-12/h6-7,9-10H,4-5,8,11H2,1-3H3. The van der Waals surface area contributed by atoms with Gasteiger partial charge in [0.05, 0.1) is 6.61 Å². The second kappa shape index (κ2) is 5.37. The normalized spacial score (nSPS) is 14.5. The van der Waals surface area contributed by atoms with Gasteiger partial charge in [-0.15, -0.1) is 0 Å². The van der Waals surface area contributed by atoms with Crippen molar-refractivity contribution in [3.63, 3.8) is 0 Å². The third-order valence-corrected chi connectivity index (χ3v) is 3.24. The molecular weight excluding hydrogens is 210 g/mol. The SMILES string of the molecule is CCOCc1ccc2c(c1)CC(CC)=CN2C. The Bertz CT molecular complexity index is 423. The van der Waals surface area contributed by atoms with Gasteiger partial charge in [0.25, 0.3) is 0 Å². The highest BCUT2D eigenvalue weighted by Crippen LogP contribution is 2.29. The summed E-state index contributed by atoms with van der Waals surface area (Å²) in [4.78, 5) is 2.22. The molecular formula is C15H21NO. The van der Waals surface area contributed by atoms with E-state index in [2.05, 4.69) is 43.3 Å². The molecule has 1 aromatic rings. The van der Waals surface area contributed by atoms with Gasteiger partial charge in [0.2, 0.25) is 0 Å². The Balaban J connectivity index is 2.22. The average molecular weight is 231 g/mol. The molecule has 0 unspecified atom stereocenters. The van der Waals surface area contributed by atoms with E-state index < -0.39 is 0 Å². The Labute approximate surface area is 104 Å². The average Bonchev–Trinajstić information content (AvgIpc) is 2.35. The largest absolute Gasteiger partial charge is 0.377 e. The summed E-state index contributed by atoms with van der Waals surface area (Å²) in [5.41, 5.74) is 5.51. The van der Waals surface area contributed by atoms with Crippen molar-refractivity contribution >= 4 is 5.69 Å². The van der Waals surface area contributed by atoms with Crippen LogP contribution in [-0.4, -0.2) is 13.7 Å². The first-order chi connectivity index (χ1) is 8.24. The lowest BCUT2D eigenvalue weighted by atomic mass is 9.96. The lowest BCUT2D eigenvalue weighted by Gasteiger charge is -2.26. The molecule has 0 aromatic heterocycles. The number of rotatable bonds is 4. The molecule has 0 spiro atoms. The maximum atomic E-state index is 5.46. The highest BCUT2D eigenvalue weighted by atomic mass is 16.5. The summed E-state index contributed by atoms with van der Waals surface area (Å²) >= 11 is 0. The van der Waals surface area contributed by atoms with Crippen LogP contribution in [0.25, 0.3) is 0 Å². The van der Waals surface area contributed by atoms with E-state index in [1.54, 1.807) is 0 Å². The minimum atomic E-state index is 0.721. The van der Waals surface area contributed by atoms with E-state index in [1.807, 2.05) is 6.92 Å². The fourth-order valence-electron chi connectivity index (χ4n) is 2.28. The Morgan fingerprint density at radius 2 is 2.12 bits per heavy atom. The molecule has 0 aliphatic carbocycles. The Morgan fingerprint density at radius 3 is 2.82 bits per heavy atom. The number of ether oxygens (including phenoxy) is 1. The number of benzene rings is 1. The van der Waals surface area contributed by atoms with E-state index in [4.69, 9.17) is 4.74 Å². The van der Waals surface area contributed by atoms with Gasteiger partial charge in [-0.3, -0.25) is 0 Å². The third kappa shape index (κ3) is 2.70. The van der Waals surface area contributed by atoms with Gasteiger partial charge in [-0.25, -0.2) is 0 Å². The van der Waals surface area contributed by atoms with Gasteiger partial charge in [-0.2, -0.15) is 0 Å². The summed E-state index contributed by atoms with van der Waals surface area (Å²) in [7, 11) is 2.12. The maximum absolute atomic E-state index is 5.46. The Morgan fingerprint density at radius 1 is 1.29 bits per heavy atom. The molecule has 92 valence electrons. The van der Waals surface area contributed by atoms with Crippen LogP contribution in [0.1, 0.15) is 31.4 Å². The number of allylic oxidation sites excluding steroid dienone is 1. The van der Waals surface area contributed by atoms with Crippen molar-refractivity contribution in [3.8, 4) is 0 Å². The molecule has 0 saturated heterocycles. The molecule has 0 N–H and O–H groups in total. The number of hydrogen-bond acceptors (Lipinski definition) is 2. The van der Waals surface area contributed by atoms with Crippen LogP contribution in [0.4, 0.5) is 5.69 Å². The number of hydrogen-bond donors (Lipinski definition) is 0. The van der Waals surface area contributed by atoms with Gasteiger partial charge in [0.15, 0.2) is 0 Å². The molecule has 1 aliphatic rings. The molecule has 2 nitrogen and oxygen atoms in total. The Kier molecular flexibility index (Phi) is 3.85.